The van der Waals surface area contributed by atoms with Crippen molar-refractivity contribution in [3.63, 3.8) is 0 Å². The maximum atomic E-state index is 10.2. The predicted molar refractivity (Wildman–Crippen MR) is 120 cm³/mol. The molecular formula is C18H37N5O12. The SMILES string of the molecule is CC[C@H](C)[C@H](N)C(=O)O.C[C@@H](O)[C@H](N)C(=O)O.NC(=O)C[C@H](N)C(=O)O.N[C@@H](CC(=O)O)C(=O)O. The van der Waals surface area contributed by atoms with Crippen molar-refractivity contribution < 1.29 is 59.4 Å². The zero-order valence-corrected chi connectivity index (χ0v) is 19.6. The van der Waals surface area contributed by atoms with Gasteiger partial charge in [-0.05, 0) is 12.8 Å². The molecule has 0 aliphatic rings. The number of carboxylic acids is 5. The average Bonchev–Trinajstić information content (AvgIpc) is 2.71. The fourth-order valence-corrected chi connectivity index (χ4v) is 1.28. The molecule has 0 aromatic carbocycles. The standard InChI is InChI=1S/C6H13NO2.C4H8N2O3.C4H7NO4.C4H9NO3/c1-3-4(2)5(7)6(8)9;2*5-2(4(8)9)1-3(6)7;1-2(6)3(5)4(7)8/h4-5H,3,7H2,1-2H3,(H,8,9);2H,1,5H2,(H2,6,7)(H,8,9);2H,1,5H2,(H,6,7)(H,8,9);2-3,6H,5H2,1H3,(H,7,8)/t4-,5-;2*2-;2-,3+/m0001/s1. The molecule has 17 nitrogen and oxygen atoms in total. The van der Waals surface area contributed by atoms with Gasteiger partial charge in [-0.1, -0.05) is 20.3 Å². The Morgan fingerprint density at radius 3 is 1.09 bits per heavy atom. The van der Waals surface area contributed by atoms with E-state index in [0.717, 1.165) is 6.42 Å². The fourth-order valence-electron chi connectivity index (χ4n) is 1.28. The molecule has 0 rings (SSSR count). The van der Waals surface area contributed by atoms with Crippen molar-refractivity contribution in [1.29, 1.82) is 0 Å². The number of rotatable bonds is 11. The third kappa shape index (κ3) is 26.8. The van der Waals surface area contributed by atoms with Crippen LogP contribution in [0.25, 0.3) is 0 Å². The first kappa shape index (κ1) is 38.9. The second-order valence-corrected chi connectivity index (χ2v) is 7.01. The van der Waals surface area contributed by atoms with E-state index in [9.17, 15) is 28.8 Å². The zero-order chi connectivity index (χ0) is 29.0. The summed E-state index contributed by atoms with van der Waals surface area (Å²) in [5, 5.41) is 49.0. The summed E-state index contributed by atoms with van der Waals surface area (Å²) in [6, 6.07) is -4.31. The molecule has 0 spiro atoms. The van der Waals surface area contributed by atoms with Crippen molar-refractivity contribution in [3.8, 4) is 0 Å². The largest absolute Gasteiger partial charge is 0.481 e. The molecule has 0 saturated carbocycles. The molecule has 0 aromatic rings. The van der Waals surface area contributed by atoms with Gasteiger partial charge in [0.05, 0.1) is 18.9 Å². The number of aliphatic carboxylic acids is 5. The lowest BCUT2D eigenvalue weighted by Crippen LogP contribution is -2.39. The third-order valence-electron chi connectivity index (χ3n) is 3.80. The molecular weight excluding hydrogens is 478 g/mol. The molecule has 206 valence electrons. The molecule has 35 heavy (non-hydrogen) atoms. The number of amides is 1. The molecule has 6 atom stereocenters. The second-order valence-electron chi connectivity index (χ2n) is 7.01. The Labute approximate surface area is 200 Å². The molecule has 0 fully saturated rings. The van der Waals surface area contributed by atoms with E-state index < -0.39 is 72.4 Å². The van der Waals surface area contributed by atoms with Crippen LogP contribution in [0.1, 0.15) is 40.0 Å². The van der Waals surface area contributed by atoms with E-state index in [-0.39, 0.29) is 12.3 Å². The number of carbonyl (C=O) groups excluding carboxylic acids is 1. The lowest BCUT2D eigenvalue weighted by molar-refractivity contribution is -0.144. The van der Waals surface area contributed by atoms with Gasteiger partial charge in [-0.15, -0.1) is 0 Å². The van der Waals surface area contributed by atoms with Crippen LogP contribution in [-0.2, 0) is 28.8 Å². The summed E-state index contributed by atoms with van der Waals surface area (Å²) in [5.41, 5.74) is 24.6. The van der Waals surface area contributed by atoms with Crippen LogP contribution >= 0.6 is 0 Å². The fraction of sp³-hybridized carbons (Fsp3) is 0.667. The number of nitrogens with two attached hydrogens (primary N) is 5. The first-order valence-corrected chi connectivity index (χ1v) is 9.84. The van der Waals surface area contributed by atoms with Crippen LogP contribution in [0.2, 0.25) is 0 Å². The van der Waals surface area contributed by atoms with Crippen molar-refractivity contribution in [3.05, 3.63) is 0 Å². The summed E-state index contributed by atoms with van der Waals surface area (Å²) in [5.74, 6) is -6.44. The highest BCUT2D eigenvalue weighted by molar-refractivity contribution is 5.83. The molecule has 0 aliphatic carbocycles. The molecule has 0 bridgehead atoms. The summed E-state index contributed by atoms with van der Waals surface area (Å²) in [6.07, 6.45) is -1.01. The van der Waals surface area contributed by atoms with Gasteiger partial charge < -0.3 is 59.3 Å². The van der Waals surface area contributed by atoms with Gasteiger partial charge in [-0.3, -0.25) is 28.8 Å². The number of aliphatic hydroxyl groups is 1. The number of carbonyl (C=O) groups is 6. The van der Waals surface area contributed by atoms with Crippen LogP contribution in [0.4, 0.5) is 0 Å². The highest BCUT2D eigenvalue weighted by Gasteiger charge is 2.18. The van der Waals surface area contributed by atoms with Crippen molar-refractivity contribution in [2.75, 3.05) is 0 Å². The highest BCUT2D eigenvalue weighted by atomic mass is 16.4. The Morgan fingerprint density at radius 2 is 1.00 bits per heavy atom. The summed E-state index contributed by atoms with van der Waals surface area (Å²) in [7, 11) is 0. The number of hydrogen-bond acceptors (Lipinski definition) is 11. The molecule has 0 aromatic heterocycles. The number of hydrogen-bond donors (Lipinski definition) is 11. The number of aliphatic hydroxyl groups excluding tert-OH is 1. The van der Waals surface area contributed by atoms with E-state index in [0.29, 0.717) is 0 Å². The van der Waals surface area contributed by atoms with Crippen molar-refractivity contribution in [2.45, 2.75) is 70.3 Å². The minimum atomic E-state index is -1.29. The first-order valence-electron chi connectivity index (χ1n) is 9.84. The topological polar surface area (TPSA) is 354 Å². The Bertz CT molecular complexity index is 657. The minimum absolute atomic E-state index is 0.0718. The van der Waals surface area contributed by atoms with Gasteiger partial charge in [-0.2, -0.15) is 0 Å². The van der Waals surface area contributed by atoms with Gasteiger partial charge >= 0.3 is 29.8 Å². The molecule has 0 aliphatic heterocycles. The van der Waals surface area contributed by atoms with E-state index in [1.807, 2.05) is 13.8 Å². The van der Waals surface area contributed by atoms with Crippen molar-refractivity contribution >= 4 is 35.8 Å². The molecule has 16 N–H and O–H groups in total. The first-order chi connectivity index (χ1) is 15.7. The van der Waals surface area contributed by atoms with Crippen LogP contribution in [0.3, 0.4) is 0 Å². The van der Waals surface area contributed by atoms with E-state index >= 15 is 0 Å². The predicted octanol–water partition coefficient (Wildman–Crippen LogP) is -3.63. The summed E-state index contributed by atoms with van der Waals surface area (Å²) < 4.78 is 0. The molecule has 1 amide bonds. The van der Waals surface area contributed by atoms with E-state index in [1.165, 1.54) is 6.92 Å². The van der Waals surface area contributed by atoms with E-state index in [1.54, 1.807) is 0 Å². The van der Waals surface area contributed by atoms with Crippen LogP contribution in [-0.4, -0.2) is 96.7 Å². The number of primary amides is 1. The number of carboxylic acid groups (broad SMARTS) is 5. The van der Waals surface area contributed by atoms with E-state index in [4.69, 9.17) is 53.6 Å². The Morgan fingerprint density at radius 1 is 0.657 bits per heavy atom. The average molecular weight is 516 g/mol. The molecule has 0 radical (unpaired) electrons. The van der Waals surface area contributed by atoms with Crippen molar-refractivity contribution in [1.82, 2.24) is 0 Å². The zero-order valence-electron chi connectivity index (χ0n) is 19.6. The molecule has 0 saturated heterocycles. The summed E-state index contributed by atoms with van der Waals surface area (Å²) in [6.45, 7) is 5.09. The Balaban J connectivity index is -0.000000183. The van der Waals surface area contributed by atoms with Gasteiger partial charge in [0, 0.05) is 0 Å². The Kier molecular flexibility index (Phi) is 23.5. The maximum absolute atomic E-state index is 10.2. The summed E-state index contributed by atoms with van der Waals surface area (Å²) in [4.78, 5) is 59.5. The molecule has 0 heterocycles. The second kappa shape index (κ2) is 21.2. The van der Waals surface area contributed by atoms with Crippen LogP contribution < -0.4 is 28.7 Å². The van der Waals surface area contributed by atoms with Gasteiger partial charge in [0.25, 0.3) is 0 Å². The normalized spacial score (nSPS) is 14.7. The van der Waals surface area contributed by atoms with Gasteiger partial charge in [0.2, 0.25) is 5.91 Å². The van der Waals surface area contributed by atoms with Gasteiger partial charge in [-0.25, -0.2) is 0 Å². The monoisotopic (exact) mass is 515 g/mol. The summed E-state index contributed by atoms with van der Waals surface area (Å²) >= 11 is 0. The highest BCUT2D eigenvalue weighted by Crippen LogP contribution is 2.04. The maximum Gasteiger partial charge on any atom is 0.323 e. The lowest BCUT2D eigenvalue weighted by atomic mass is 10.0. The van der Waals surface area contributed by atoms with E-state index in [2.05, 4.69) is 5.73 Å². The van der Waals surface area contributed by atoms with Crippen LogP contribution in [0.5, 0.6) is 0 Å². The Hall–Kier alpha value is -3.38. The van der Waals surface area contributed by atoms with Crippen LogP contribution in [0.15, 0.2) is 0 Å². The lowest BCUT2D eigenvalue weighted by Gasteiger charge is -2.11. The third-order valence-corrected chi connectivity index (χ3v) is 3.80. The quantitative estimate of drug-likeness (QED) is 0.126. The van der Waals surface area contributed by atoms with Gasteiger partial charge in [0.15, 0.2) is 0 Å². The smallest absolute Gasteiger partial charge is 0.323 e. The molecule has 17 heteroatoms. The van der Waals surface area contributed by atoms with Crippen LogP contribution in [0, 0.1) is 5.92 Å². The molecule has 0 unspecified atom stereocenters. The van der Waals surface area contributed by atoms with Crippen molar-refractivity contribution in [2.24, 2.45) is 34.6 Å². The van der Waals surface area contributed by atoms with Gasteiger partial charge in [0.1, 0.15) is 24.2 Å². The minimum Gasteiger partial charge on any atom is -0.481 e.